The molecule has 1 heterocycles. The smallest absolute Gasteiger partial charge is 0.251 e. The Morgan fingerprint density at radius 1 is 1.26 bits per heavy atom. The highest BCUT2D eigenvalue weighted by atomic mass is 79.9. The number of hydrogen-bond acceptors (Lipinski definition) is 2. The number of amides is 1. The first kappa shape index (κ1) is 15.0. The summed E-state index contributed by atoms with van der Waals surface area (Å²) in [6.07, 6.45) is 0.826. The minimum Gasteiger partial charge on any atom is -0.352 e. The van der Waals surface area contributed by atoms with E-state index in [1.165, 1.54) is 4.88 Å². The topological polar surface area (TPSA) is 29.1 Å². The normalized spacial score (nSPS) is 10.5. The number of hydrogen-bond donors (Lipinski definition) is 1. The van der Waals surface area contributed by atoms with E-state index in [0.717, 1.165) is 14.7 Å². The molecule has 0 radical (unpaired) electrons. The van der Waals surface area contributed by atoms with Gasteiger partial charge in [-0.05, 0) is 68.6 Å². The maximum Gasteiger partial charge on any atom is 0.251 e. The summed E-state index contributed by atoms with van der Waals surface area (Å²) in [5.74, 6) is -0.106. The fraction of sp³-hybridized carbons (Fsp3) is 0.154. The average molecular weight is 424 g/mol. The molecular weight excluding hydrogens is 413 g/mol. The number of rotatable bonds is 4. The van der Waals surface area contributed by atoms with E-state index in [2.05, 4.69) is 43.2 Å². The maximum atomic E-state index is 11.9. The summed E-state index contributed by atoms with van der Waals surface area (Å²) in [4.78, 5) is 13.1. The standard InChI is InChI=1S/C13H10Br2ClNOS/c14-10-3-1-8(7-11(10)16)13(18)17-6-5-9-2-4-12(15)19-9/h1-4,7H,5-6H2,(H,17,18). The van der Waals surface area contributed by atoms with Gasteiger partial charge in [0, 0.05) is 21.5 Å². The van der Waals surface area contributed by atoms with Crippen molar-refractivity contribution in [1.82, 2.24) is 5.32 Å². The van der Waals surface area contributed by atoms with Crippen molar-refractivity contribution in [1.29, 1.82) is 0 Å². The highest BCUT2D eigenvalue weighted by Gasteiger charge is 2.07. The molecule has 0 unspecified atom stereocenters. The van der Waals surface area contributed by atoms with E-state index in [-0.39, 0.29) is 5.91 Å². The molecular formula is C13H10Br2ClNOS. The molecule has 6 heteroatoms. The van der Waals surface area contributed by atoms with Gasteiger partial charge < -0.3 is 5.32 Å². The Kier molecular flexibility index (Phi) is 5.45. The zero-order chi connectivity index (χ0) is 13.8. The zero-order valence-electron chi connectivity index (χ0n) is 9.75. The fourth-order valence-corrected chi connectivity index (χ4v) is 3.43. The van der Waals surface area contributed by atoms with Crippen molar-refractivity contribution in [3.05, 3.63) is 54.1 Å². The summed E-state index contributed by atoms with van der Waals surface area (Å²) in [5.41, 5.74) is 0.570. The van der Waals surface area contributed by atoms with Crippen LogP contribution in [0, 0.1) is 0 Å². The van der Waals surface area contributed by atoms with E-state index in [0.29, 0.717) is 17.1 Å². The summed E-state index contributed by atoms with van der Waals surface area (Å²) in [6.45, 7) is 0.611. The van der Waals surface area contributed by atoms with Crippen LogP contribution in [0.2, 0.25) is 5.02 Å². The Balaban J connectivity index is 1.89. The van der Waals surface area contributed by atoms with Gasteiger partial charge in [0.1, 0.15) is 0 Å². The second-order valence-corrected chi connectivity index (χ2v) is 7.65. The van der Waals surface area contributed by atoms with Crippen LogP contribution in [0.4, 0.5) is 0 Å². The highest BCUT2D eigenvalue weighted by Crippen LogP contribution is 2.23. The quantitative estimate of drug-likeness (QED) is 0.745. The van der Waals surface area contributed by atoms with Crippen molar-refractivity contribution in [3.8, 4) is 0 Å². The Bertz CT molecular complexity index is 600. The molecule has 2 aromatic rings. The number of halogens is 3. The summed E-state index contributed by atoms with van der Waals surface area (Å²) in [5, 5.41) is 3.42. The molecule has 1 N–H and O–H groups in total. The first-order valence-corrected chi connectivity index (χ1v) is 8.32. The monoisotopic (exact) mass is 421 g/mol. The lowest BCUT2D eigenvalue weighted by Gasteiger charge is -2.05. The summed E-state index contributed by atoms with van der Waals surface area (Å²) in [6, 6.07) is 9.23. The summed E-state index contributed by atoms with van der Waals surface area (Å²) in [7, 11) is 0. The van der Waals surface area contributed by atoms with Gasteiger partial charge in [-0.15, -0.1) is 11.3 Å². The molecule has 2 nitrogen and oxygen atoms in total. The molecule has 2 rings (SSSR count). The van der Waals surface area contributed by atoms with Gasteiger partial charge in [-0.2, -0.15) is 0 Å². The molecule has 0 atom stereocenters. The minimum absolute atomic E-state index is 0.106. The Labute approximate surface area is 137 Å². The number of benzene rings is 1. The van der Waals surface area contributed by atoms with Crippen LogP contribution in [0.5, 0.6) is 0 Å². The van der Waals surface area contributed by atoms with E-state index in [1.54, 1.807) is 29.5 Å². The van der Waals surface area contributed by atoms with Gasteiger partial charge >= 0.3 is 0 Å². The lowest BCUT2D eigenvalue weighted by atomic mass is 10.2. The van der Waals surface area contributed by atoms with Crippen LogP contribution in [-0.4, -0.2) is 12.5 Å². The van der Waals surface area contributed by atoms with E-state index in [9.17, 15) is 4.79 Å². The van der Waals surface area contributed by atoms with E-state index >= 15 is 0 Å². The van der Waals surface area contributed by atoms with Crippen LogP contribution in [-0.2, 0) is 6.42 Å². The third-order valence-corrected chi connectivity index (χ3v) is 5.38. The second kappa shape index (κ2) is 6.88. The van der Waals surface area contributed by atoms with Crippen LogP contribution >= 0.6 is 54.8 Å². The third-order valence-electron chi connectivity index (χ3n) is 2.47. The molecule has 0 saturated carbocycles. The average Bonchev–Trinajstić information content (AvgIpc) is 2.78. The van der Waals surface area contributed by atoms with Gasteiger partial charge in [0.2, 0.25) is 0 Å². The van der Waals surface area contributed by atoms with Crippen LogP contribution in [0.25, 0.3) is 0 Å². The molecule has 0 fully saturated rings. The molecule has 1 aromatic carbocycles. The van der Waals surface area contributed by atoms with Crippen LogP contribution in [0.15, 0.2) is 38.6 Å². The predicted molar refractivity (Wildman–Crippen MR) is 87.2 cm³/mol. The highest BCUT2D eigenvalue weighted by molar-refractivity contribution is 9.11. The number of carbonyl (C=O) groups is 1. The lowest BCUT2D eigenvalue weighted by molar-refractivity contribution is 0.0954. The molecule has 1 aromatic heterocycles. The van der Waals surface area contributed by atoms with Crippen LogP contribution in [0.1, 0.15) is 15.2 Å². The third kappa shape index (κ3) is 4.31. The Hall–Kier alpha value is -0.360. The van der Waals surface area contributed by atoms with E-state index in [1.807, 2.05) is 6.07 Å². The minimum atomic E-state index is -0.106. The van der Waals surface area contributed by atoms with Crippen molar-refractivity contribution in [2.45, 2.75) is 6.42 Å². The molecule has 0 saturated heterocycles. The number of nitrogens with one attached hydrogen (secondary N) is 1. The molecule has 0 aliphatic rings. The molecule has 0 spiro atoms. The van der Waals surface area contributed by atoms with Crippen molar-refractivity contribution < 1.29 is 4.79 Å². The van der Waals surface area contributed by atoms with Crippen molar-refractivity contribution in [2.75, 3.05) is 6.54 Å². The Morgan fingerprint density at radius 2 is 2.05 bits per heavy atom. The van der Waals surface area contributed by atoms with Gasteiger partial charge in [0.15, 0.2) is 0 Å². The SMILES string of the molecule is O=C(NCCc1ccc(Br)s1)c1ccc(Br)c(Cl)c1. The zero-order valence-corrected chi connectivity index (χ0v) is 14.5. The largest absolute Gasteiger partial charge is 0.352 e. The molecule has 100 valence electrons. The van der Waals surface area contributed by atoms with Crippen molar-refractivity contribution in [2.24, 2.45) is 0 Å². The molecule has 19 heavy (non-hydrogen) atoms. The first-order chi connectivity index (χ1) is 9.06. The van der Waals surface area contributed by atoms with Crippen LogP contribution in [0.3, 0.4) is 0 Å². The number of thiophene rings is 1. The van der Waals surface area contributed by atoms with Gasteiger partial charge in [-0.1, -0.05) is 11.6 Å². The molecule has 0 aliphatic carbocycles. The second-order valence-electron chi connectivity index (χ2n) is 3.84. The van der Waals surface area contributed by atoms with E-state index < -0.39 is 0 Å². The van der Waals surface area contributed by atoms with E-state index in [4.69, 9.17) is 11.6 Å². The summed E-state index contributed by atoms with van der Waals surface area (Å²) < 4.78 is 1.89. The molecule has 0 aliphatic heterocycles. The maximum absolute atomic E-state index is 11.9. The summed E-state index contributed by atoms with van der Waals surface area (Å²) >= 11 is 14.4. The van der Waals surface area contributed by atoms with Crippen molar-refractivity contribution in [3.63, 3.8) is 0 Å². The predicted octanol–water partition coefficient (Wildman–Crippen LogP) is 4.90. The van der Waals surface area contributed by atoms with Crippen LogP contribution < -0.4 is 5.32 Å². The molecule has 0 bridgehead atoms. The van der Waals surface area contributed by atoms with Gasteiger partial charge in [-0.25, -0.2) is 0 Å². The lowest BCUT2D eigenvalue weighted by Crippen LogP contribution is -2.25. The number of carbonyl (C=O) groups excluding carboxylic acids is 1. The fourth-order valence-electron chi connectivity index (χ4n) is 1.52. The van der Waals surface area contributed by atoms with Gasteiger partial charge in [-0.3, -0.25) is 4.79 Å². The molecule has 1 amide bonds. The van der Waals surface area contributed by atoms with Gasteiger partial charge in [0.05, 0.1) is 8.81 Å². The Morgan fingerprint density at radius 3 is 2.68 bits per heavy atom. The van der Waals surface area contributed by atoms with Crippen molar-refractivity contribution >= 4 is 60.7 Å². The first-order valence-electron chi connectivity index (χ1n) is 5.54. The van der Waals surface area contributed by atoms with Gasteiger partial charge in [0.25, 0.3) is 5.91 Å².